The molecule has 1 aliphatic rings. The summed E-state index contributed by atoms with van der Waals surface area (Å²) in [7, 11) is 0. The van der Waals surface area contributed by atoms with Gasteiger partial charge in [-0.1, -0.05) is 18.6 Å². The number of thioether (sulfide) groups is 1. The summed E-state index contributed by atoms with van der Waals surface area (Å²) in [5.41, 5.74) is 1.92. The summed E-state index contributed by atoms with van der Waals surface area (Å²) in [5, 5.41) is 15.2. The number of nitro benzene ring substituents is 1. The van der Waals surface area contributed by atoms with Crippen LogP contribution in [0.4, 0.5) is 5.69 Å². The van der Waals surface area contributed by atoms with E-state index in [9.17, 15) is 10.1 Å². The van der Waals surface area contributed by atoms with Crippen LogP contribution in [-0.4, -0.2) is 22.5 Å². The summed E-state index contributed by atoms with van der Waals surface area (Å²) in [6, 6.07) is 5.66. The monoisotopic (exact) mass is 294 g/mol. The van der Waals surface area contributed by atoms with Crippen LogP contribution in [-0.2, 0) is 0 Å². The van der Waals surface area contributed by atoms with E-state index in [-0.39, 0.29) is 16.7 Å². The average Bonchev–Trinajstić information content (AvgIpc) is 2.46. The molecule has 1 N–H and O–H groups in total. The molecule has 1 fully saturated rings. The van der Waals surface area contributed by atoms with E-state index in [2.05, 4.69) is 12.2 Å². The normalized spacial score (nSPS) is 20.6. The molecule has 110 valence electrons. The zero-order valence-electron chi connectivity index (χ0n) is 12.1. The van der Waals surface area contributed by atoms with E-state index in [4.69, 9.17) is 0 Å². The molecule has 0 saturated carbocycles. The Balaban J connectivity index is 1.96. The SMILES string of the molecule is Cc1ccc(C(C)NCC2CCCCS2)cc1[N+](=O)[O-]. The van der Waals surface area contributed by atoms with Gasteiger partial charge in [0.25, 0.3) is 5.69 Å². The molecule has 2 rings (SSSR count). The number of rotatable bonds is 5. The lowest BCUT2D eigenvalue weighted by Gasteiger charge is -2.24. The maximum atomic E-state index is 11.0. The fourth-order valence-corrected chi connectivity index (χ4v) is 3.74. The van der Waals surface area contributed by atoms with Crippen molar-refractivity contribution in [2.45, 2.75) is 44.4 Å². The highest BCUT2D eigenvalue weighted by atomic mass is 32.2. The second-order valence-corrected chi connectivity index (χ2v) is 6.83. The molecule has 0 radical (unpaired) electrons. The minimum Gasteiger partial charge on any atom is -0.309 e. The fourth-order valence-electron chi connectivity index (χ4n) is 2.49. The Morgan fingerprint density at radius 1 is 1.50 bits per heavy atom. The quantitative estimate of drug-likeness (QED) is 0.662. The summed E-state index contributed by atoms with van der Waals surface area (Å²) in [6.07, 6.45) is 3.93. The van der Waals surface area contributed by atoms with Gasteiger partial charge in [-0.15, -0.1) is 0 Å². The first kappa shape index (κ1) is 15.3. The van der Waals surface area contributed by atoms with Gasteiger partial charge in [0.1, 0.15) is 0 Å². The van der Waals surface area contributed by atoms with Crippen molar-refractivity contribution in [2.75, 3.05) is 12.3 Å². The maximum absolute atomic E-state index is 11.0. The van der Waals surface area contributed by atoms with Crippen LogP contribution in [0.2, 0.25) is 0 Å². The minimum absolute atomic E-state index is 0.150. The van der Waals surface area contributed by atoms with Gasteiger partial charge in [0.2, 0.25) is 0 Å². The summed E-state index contributed by atoms with van der Waals surface area (Å²) < 4.78 is 0. The molecule has 1 aromatic rings. The van der Waals surface area contributed by atoms with E-state index in [1.54, 1.807) is 13.0 Å². The second kappa shape index (κ2) is 7.09. The van der Waals surface area contributed by atoms with Crippen molar-refractivity contribution in [1.29, 1.82) is 0 Å². The third-order valence-corrected chi connectivity index (χ3v) is 5.25. The largest absolute Gasteiger partial charge is 0.309 e. The van der Waals surface area contributed by atoms with Gasteiger partial charge in [-0.2, -0.15) is 11.8 Å². The predicted octanol–water partition coefficient (Wildman–Crippen LogP) is 3.84. The number of aryl methyl sites for hydroxylation is 1. The van der Waals surface area contributed by atoms with Crippen LogP contribution in [0.3, 0.4) is 0 Å². The predicted molar refractivity (Wildman–Crippen MR) is 84.3 cm³/mol. The number of nitro groups is 1. The van der Waals surface area contributed by atoms with Crippen molar-refractivity contribution in [3.63, 3.8) is 0 Å². The summed E-state index contributed by atoms with van der Waals surface area (Å²) in [5.74, 6) is 1.26. The molecule has 1 aromatic carbocycles. The number of benzene rings is 1. The van der Waals surface area contributed by atoms with Crippen molar-refractivity contribution in [2.24, 2.45) is 0 Å². The molecular weight excluding hydrogens is 272 g/mol. The highest BCUT2D eigenvalue weighted by Crippen LogP contribution is 2.26. The van der Waals surface area contributed by atoms with Crippen LogP contribution < -0.4 is 5.32 Å². The van der Waals surface area contributed by atoms with E-state index >= 15 is 0 Å². The molecule has 1 aliphatic heterocycles. The first-order chi connectivity index (χ1) is 9.58. The Bertz CT molecular complexity index is 473. The van der Waals surface area contributed by atoms with Crippen LogP contribution in [0.1, 0.15) is 43.4 Å². The van der Waals surface area contributed by atoms with Gasteiger partial charge in [0, 0.05) is 29.5 Å². The van der Waals surface area contributed by atoms with Crippen molar-refractivity contribution in [3.8, 4) is 0 Å². The van der Waals surface area contributed by atoms with Gasteiger partial charge in [-0.05, 0) is 38.0 Å². The Kier molecular flexibility index (Phi) is 5.43. The molecule has 20 heavy (non-hydrogen) atoms. The highest BCUT2D eigenvalue weighted by Gasteiger charge is 2.17. The first-order valence-corrected chi connectivity index (χ1v) is 8.22. The molecular formula is C15H22N2O2S. The van der Waals surface area contributed by atoms with Crippen LogP contribution in [0.5, 0.6) is 0 Å². The van der Waals surface area contributed by atoms with Crippen molar-refractivity contribution in [3.05, 3.63) is 39.4 Å². The van der Waals surface area contributed by atoms with E-state index in [1.807, 2.05) is 23.9 Å². The molecule has 2 unspecified atom stereocenters. The van der Waals surface area contributed by atoms with E-state index in [1.165, 1.54) is 25.0 Å². The summed E-state index contributed by atoms with van der Waals surface area (Å²) in [6.45, 7) is 4.83. The van der Waals surface area contributed by atoms with Gasteiger partial charge >= 0.3 is 0 Å². The molecule has 4 nitrogen and oxygen atoms in total. The molecule has 5 heteroatoms. The van der Waals surface area contributed by atoms with Crippen LogP contribution in [0.25, 0.3) is 0 Å². The molecule has 2 atom stereocenters. The zero-order valence-corrected chi connectivity index (χ0v) is 12.9. The number of hydrogen-bond acceptors (Lipinski definition) is 4. The minimum atomic E-state index is -0.303. The fraction of sp³-hybridized carbons (Fsp3) is 0.600. The van der Waals surface area contributed by atoms with Crippen LogP contribution >= 0.6 is 11.8 Å². The molecule has 0 amide bonds. The Labute approximate surface area is 124 Å². The number of nitrogens with zero attached hydrogens (tertiary/aromatic N) is 1. The number of hydrogen-bond donors (Lipinski definition) is 1. The van der Waals surface area contributed by atoms with Gasteiger partial charge in [0.15, 0.2) is 0 Å². The van der Waals surface area contributed by atoms with Gasteiger partial charge in [-0.25, -0.2) is 0 Å². The molecule has 0 spiro atoms. The average molecular weight is 294 g/mol. The Hall–Kier alpha value is -1.07. The van der Waals surface area contributed by atoms with E-state index < -0.39 is 0 Å². The first-order valence-electron chi connectivity index (χ1n) is 7.18. The third kappa shape index (κ3) is 3.96. The van der Waals surface area contributed by atoms with Crippen molar-refractivity contribution < 1.29 is 4.92 Å². The molecule has 0 bridgehead atoms. The lowest BCUT2D eigenvalue weighted by Crippen LogP contribution is -2.29. The highest BCUT2D eigenvalue weighted by molar-refractivity contribution is 7.99. The second-order valence-electron chi connectivity index (χ2n) is 5.42. The Morgan fingerprint density at radius 2 is 2.30 bits per heavy atom. The maximum Gasteiger partial charge on any atom is 0.272 e. The Morgan fingerprint density at radius 3 is 2.95 bits per heavy atom. The summed E-state index contributed by atoms with van der Waals surface area (Å²) in [4.78, 5) is 10.7. The zero-order chi connectivity index (χ0) is 14.5. The van der Waals surface area contributed by atoms with Gasteiger partial charge in [0.05, 0.1) is 4.92 Å². The molecule has 1 saturated heterocycles. The molecule has 0 aromatic heterocycles. The van der Waals surface area contributed by atoms with Gasteiger partial charge in [-0.3, -0.25) is 10.1 Å². The van der Waals surface area contributed by atoms with Crippen molar-refractivity contribution >= 4 is 17.4 Å². The topological polar surface area (TPSA) is 55.2 Å². The van der Waals surface area contributed by atoms with Crippen LogP contribution in [0, 0.1) is 17.0 Å². The van der Waals surface area contributed by atoms with Crippen molar-refractivity contribution in [1.82, 2.24) is 5.32 Å². The lowest BCUT2D eigenvalue weighted by molar-refractivity contribution is -0.385. The van der Waals surface area contributed by atoms with Crippen LogP contribution in [0.15, 0.2) is 18.2 Å². The number of nitrogens with one attached hydrogen (secondary N) is 1. The lowest BCUT2D eigenvalue weighted by atomic mass is 10.0. The van der Waals surface area contributed by atoms with E-state index in [0.717, 1.165) is 12.1 Å². The smallest absolute Gasteiger partial charge is 0.272 e. The third-order valence-electron chi connectivity index (χ3n) is 3.86. The molecule has 1 heterocycles. The van der Waals surface area contributed by atoms with Gasteiger partial charge < -0.3 is 5.32 Å². The van der Waals surface area contributed by atoms with E-state index in [0.29, 0.717) is 10.8 Å². The summed E-state index contributed by atoms with van der Waals surface area (Å²) >= 11 is 2.04. The standard InChI is InChI=1S/C15H22N2O2S/c1-11-6-7-13(9-15(11)17(18)19)12(2)16-10-14-5-3-4-8-20-14/h6-7,9,12,14,16H,3-5,8,10H2,1-2H3. The molecule has 0 aliphatic carbocycles.